The number of rotatable bonds is 5. The molecule has 0 saturated heterocycles. The molecule has 0 fully saturated rings. The van der Waals surface area contributed by atoms with Gasteiger partial charge in [-0.3, -0.25) is 0 Å². The molecule has 5 heteroatoms. The number of para-hydroxylation sites is 2. The molecule has 21 heavy (non-hydrogen) atoms. The van der Waals surface area contributed by atoms with Crippen molar-refractivity contribution in [2.75, 3.05) is 6.54 Å². The smallest absolute Gasteiger partial charge is 0.115 e. The molecule has 5 nitrogen and oxygen atoms in total. The Labute approximate surface area is 124 Å². The molecule has 3 aromatic rings. The molecule has 2 heterocycles. The van der Waals surface area contributed by atoms with Gasteiger partial charge in [-0.1, -0.05) is 19.1 Å². The Morgan fingerprint density at radius 3 is 2.81 bits per heavy atom. The van der Waals surface area contributed by atoms with Crippen LogP contribution in [-0.2, 0) is 13.5 Å². The number of aryl methyl sites for hydroxylation is 1. The maximum absolute atomic E-state index is 4.74. The van der Waals surface area contributed by atoms with Crippen LogP contribution in [0.3, 0.4) is 0 Å². The zero-order chi connectivity index (χ0) is 14.7. The lowest BCUT2D eigenvalue weighted by molar-refractivity contribution is 0.517. The molecular weight excluding hydrogens is 262 g/mol. The second-order valence-electron chi connectivity index (χ2n) is 5.02. The number of fused-ring (bicyclic) bond motifs is 1. The Bertz CT molecular complexity index is 720. The summed E-state index contributed by atoms with van der Waals surface area (Å²) in [5, 5.41) is 3.48. The SMILES string of the molecule is CCNC(Cc1nc2ccccc2n1C)c1ccncn1. The molecule has 1 unspecified atom stereocenters. The van der Waals surface area contributed by atoms with Crippen LogP contribution in [0, 0.1) is 0 Å². The Morgan fingerprint density at radius 2 is 2.10 bits per heavy atom. The van der Waals surface area contributed by atoms with E-state index in [-0.39, 0.29) is 6.04 Å². The maximum atomic E-state index is 4.74. The number of nitrogens with zero attached hydrogens (tertiary/aromatic N) is 4. The average Bonchev–Trinajstić information content (AvgIpc) is 2.84. The van der Waals surface area contributed by atoms with E-state index in [0.29, 0.717) is 0 Å². The summed E-state index contributed by atoms with van der Waals surface area (Å²) in [7, 11) is 2.06. The zero-order valence-electron chi connectivity index (χ0n) is 12.3. The second-order valence-corrected chi connectivity index (χ2v) is 5.02. The van der Waals surface area contributed by atoms with E-state index in [0.717, 1.165) is 35.5 Å². The van der Waals surface area contributed by atoms with Gasteiger partial charge in [-0.15, -0.1) is 0 Å². The highest BCUT2D eigenvalue weighted by molar-refractivity contribution is 5.75. The number of hydrogen-bond donors (Lipinski definition) is 1. The van der Waals surface area contributed by atoms with Gasteiger partial charge in [0, 0.05) is 19.7 Å². The van der Waals surface area contributed by atoms with Crippen LogP contribution in [0.5, 0.6) is 0 Å². The summed E-state index contributed by atoms with van der Waals surface area (Å²) in [6.07, 6.45) is 4.17. The van der Waals surface area contributed by atoms with Gasteiger partial charge in [0.2, 0.25) is 0 Å². The number of benzene rings is 1. The topological polar surface area (TPSA) is 55.6 Å². The molecule has 0 bridgehead atoms. The lowest BCUT2D eigenvalue weighted by Crippen LogP contribution is -2.25. The largest absolute Gasteiger partial charge is 0.331 e. The number of aromatic nitrogens is 4. The zero-order valence-corrected chi connectivity index (χ0v) is 12.3. The summed E-state index contributed by atoms with van der Waals surface area (Å²) >= 11 is 0. The highest BCUT2D eigenvalue weighted by Crippen LogP contribution is 2.19. The van der Waals surface area contributed by atoms with Crippen LogP contribution >= 0.6 is 0 Å². The predicted octanol–water partition coefficient (Wildman–Crippen LogP) is 2.26. The van der Waals surface area contributed by atoms with E-state index in [1.165, 1.54) is 0 Å². The van der Waals surface area contributed by atoms with Gasteiger partial charge in [0.25, 0.3) is 0 Å². The van der Waals surface area contributed by atoms with E-state index >= 15 is 0 Å². The third-order valence-electron chi connectivity index (χ3n) is 3.68. The molecular formula is C16H19N5. The van der Waals surface area contributed by atoms with E-state index < -0.39 is 0 Å². The summed E-state index contributed by atoms with van der Waals surface area (Å²) in [6.45, 7) is 2.99. The van der Waals surface area contributed by atoms with Crippen LogP contribution in [0.2, 0.25) is 0 Å². The third-order valence-corrected chi connectivity index (χ3v) is 3.68. The molecule has 0 saturated carbocycles. The fourth-order valence-corrected chi connectivity index (χ4v) is 2.60. The van der Waals surface area contributed by atoms with Gasteiger partial charge in [0.05, 0.1) is 22.8 Å². The van der Waals surface area contributed by atoms with Crippen LogP contribution in [0.25, 0.3) is 11.0 Å². The minimum atomic E-state index is 0.147. The molecule has 3 rings (SSSR count). The fourth-order valence-electron chi connectivity index (χ4n) is 2.60. The van der Waals surface area contributed by atoms with Gasteiger partial charge < -0.3 is 9.88 Å². The van der Waals surface area contributed by atoms with Crippen LogP contribution in [-0.4, -0.2) is 26.1 Å². The second kappa shape index (κ2) is 6.01. The minimum absolute atomic E-state index is 0.147. The van der Waals surface area contributed by atoms with E-state index in [1.807, 2.05) is 24.3 Å². The summed E-state index contributed by atoms with van der Waals surface area (Å²) < 4.78 is 2.15. The van der Waals surface area contributed by atoms with Crippen LogP contribution in [0.1, 0.15) is 24.5 Å². The molecule has 0 aliphatic carbocycles. The first kappa shape index (κ1) is 13.7. The number of imidazole rings is 1. The first-order valence-electron chi connectivity index (χ1n) is 7.19. The Balaban J connectivity index is 1.93. The van der Waals surface area contributed by atoms with E-state index in [1.54, 1.807) is 12.5 Å². The summed E-state index contributed by atoms with van der Waals surface area (Å²) in [6, 6.07) is 10.3. The molecule has 0 aliphatic heterocycles. The number of nitrogens with one attached hydrogen (secondary N) is 1. The summed E-state index contributed by atoms with van der Waals surface area (Å²) in [5.41, 5.74) is 3.19. The predicted molar refractivity (Wildman–Crippen MR) is 82.9 cm³/mol. The monoisotopic (exact) mass is 281 g/mol. The van der Waals surface area contributed by atoms with Crippen molar-refractivity contribution in [3.8, 4) is 0 Å². The molecule has 1 atom stereocenters. The molecule has 0 spiro atoms. The minimum Gasteiger partial charge on any atom is -0.331 e. The van der Waals surface area contributed by atoms with Crippen LogP contribution in [0.4, 0.5) is 0 Å². The number of likely N-dealkylation sites (N-methyl/N-ethyl adjacent to an activating group) is 1. The van der Waals surface area contributed by atoms with Gasteiger partial charge in [0.1, 0.15) is 12.2 Å². The lowest BCUT2D eigenvalue weighted by Gasteiger charge is -2.16. The first-order chi connectivity index (χ1) is 10.3. The third kappa shape index (κ3) is 2.78. The molecule has 2 aromatic heterocycles. The van der Waals surface area contributed by atoms with Gasteiger partial charge in [-0.2, -0.15) is 0 Å². The molecule has 0 aliphatic rings. The molecule has 1 aromatic carbocycles. The highest BCUT2D eigenvalue weighted by Gasteiger charge is 2.16. The quantitative estimate of drug-likeness (QED) is 0.779. The van der Waals surface area contributed by atoms with Crippen molar-refractivity contribution < 1.29 is 0 Å². The lowest BCUT2D eigenvalue weighted by atomic mass is 10.1. The van der Waals surface area contributed by atoms with Crippen molar-refractivity contribution in [2.24, 2.45) is 7.05 Å². The standard InChI is InChI=1S/C16H19N5/c1-3-18-14(12-8-9-17-11-19-12)10-16-20-13-6-4-5-7-15(13)21(16)2/h4-9,11,14,18H,3,10H2,1-2H3. The van der Waals surface area contributed by atoms with Gasteiger partial charge >= 0.3 is 0 Å². The van der Waals surface area contributed by atoms with E-state index in [4.69, 9.17) is 4.98 Å². The van der Waals surface area contributed by atoms with Crippen molar-refractivity contribution in [1.82, 2.24) is 24.8 Å². The van der Waals surface area contributed by atoms with Crippen molar-refractivity contribution in [3.63, 3.8) is 0 Å². The Hall–Kier alpha value is -2.27. The van der Waals surface area contributed by atoms with Crippen LogP contribution in [0.15, 0.2) is 42.9 Å². The van der Waals surface area contributed by atoms with Crippen molar-refractivity contribution in [1.29, 1.82) is 0 Å². The maximum Gasteiger partial charge on any atom is 0.115 e. The average molecular weight is 281 g/mol. The van der Waals surface area contributed by atoms with Crippen molar-refractivity contribution in [2.45, 2.75) is 19.4 Å². The van der Waals surface area contributed by atoms with Crippen LogP contribution < -0.4 is 5.32 Å². The molecule has 0 radical (unpaired) electrons. The fraction of sp³-hybridized carbons (Fsp3) is 0.312. The summed E-state index contributed by atoms with van der Waals surface area (Å²) in [5.74, 6) is 1.06. The first-order valence-corrected chi connectivity index (χ1v) is 7.19. The van der Waals surface area contributed by atoms with Crippen molar-refractivity contribution >= 4 is 11.0 Å². The number of hydrogen-bond acceptors (Lipinski definition) is 4. The molecule has 1 N–H and O–H groups in total. The normalized spacial score (nSPS) is 12.7. The Morgan fingerprint density at radius 1 is 1.24 bits per heavy atom. The summed E-state index contributed by atoms with van der Waals surface area (Å²) in [4.78, 5) is 13.1. The highest BCUT2D eigenvalue weighted by atomic mass is 15.1. The van der Waals surface area contributed by atoms with Gasteiger partial charge in [-0.05, 0) is 24.7 Å². The van der Waals surface area contributed by atoms with Gasteiger partial charge in [0.15, 0.2) is 0 Å². The van der Waals surface area contributed by atoms with E-state index in [2.05, 4.69) is 39.9 Å². The van der Waals surface area contributed by atoms with E-state index in [9.17, 15) is 0 Å². The van der Waals surface area contributed by atoms with Crippen molar-refractivity contribution in [3.05, 3.63) is 54.4 Å². The van der Waals surface area contributed by atoms with Gasteiger partial charge in [-0.25, -0.2) is 15.0 Å². The molecule has 108 valence electrons. The molecule has 0 amide bonds. The Kier molecular flexibility index (Phi) is 3.92.